The first-order valence-electron chi connectivity index (χ1n) is 7.34. The van der Waals surface area contributed by atoms with E-state index in [-0.39, 0.29) is 12.0 Å². The van der Waals surface area contributed by atoms with Crippen molar-refractivity contribution in [1.29, 1.82) is 0 Å². The van der Waals surface area contributed by atoms with Crippen LogP contribution in [0.1, 0.15) is 38.5 Å². The van der Waals surface area contributed by atoms with Crippen LogP contribution in [0.15, 0.2) is 12.7 Å². The second kappa shape index (κ2) is 5.20. The van der Waals surface area contributed by atoms with Gasteiger partial charge in [-0.05, 0) is 38.5 Å². The Hall–Kier alpha value is -1.36. The molecule has 0 aromatic carbocycles. The van der Waals surface area contributed by atoms with Crippen LogP contribution < -0.4 is 0 Å². The lowest BCUT2D eigenvalue weighted by Crippen LogP contribution is -2.51. The molecule has 110 valence electrons. The Balaban J connectivity index is 1.85. The van der Waals surface area contributed by atoms with Crippen molar-refractivity contribution in [1.82, 2.24) is 0 Å². The Kier molecular flexibility index (Phi) is 3.54. The quantitative estimate of drug-likeness (QED) is 0.447. The Labute approximate surface area is 118 Å². The van der Waals surface area contributed by atoms with Crippen LogP contribution in [-0.2, 0) is 23.8 Å². The highest BCUT2D eigenvalue weighted by atomic mass is 16.6. The van der Waals surface area contributed by atoms with Gasteiger partial charge in [0.1, 0.15) is 0 Å². The second-order valence-electron chi connectivity index (χ2n) is 5.83. The number of rotatable bonds is 3. The summed E-state index contributed by atoms with van der Waals surface area (Å²) in [6.07, 6.45) is 6.38. The molecular weight excluding hydrogens is 260 g/mol. The van der Waals surface area contributed by atoms with Gasteiger partial charge in [0.2, 0.25) is 5.60 Å². The third-order valence-corrected chi connectivity index (χ3v) is 4.63. The van der Waals surface area contributed by atoms with Gasteiger partial charge in [0.25, 0.3) is 0 Å². The standard InChI is InChI=1S/C15H20O5/c1-2-13(16)20-15(7-3-4-8-18-14(15)17)10-5-6-11-12(9-10)19-11/h2,10-12H,1,3-9H2. The van der Waals surface area contributed by atoms with Gasteiger partial charge in [0.15, 0.2) is 0 Å². The first-order chi connectivity index (χ1) is 9.65. The smallest absolute Gasteiger partial charge is 0.350 e. The van der Waals surface area contributed by atoms with Crippen LogP contribution in [0.25, 0.3) is 0 Å². The lowest BCUT2D eigenvalue weighted by Gasteiger charge is -2.37. The molecule has 1 saturated carbocycles. The van der Waals surface area contributed by atoms with E-state index < -0.39 is 17.5 Å². The van der Waals surface area contributed by atoms with Gasteiger partial charge in [0, 0.05) is 12.0 Å². The van der Waals surface area contributed by atoms with Crippen molar-refractivity contribution in [2.75, 3.05) is 6.61 Å². The average Bonchev–Trinajstić information content (AvgIpc) is 3.24. The van der Waals surface area contributed by atoms with E-state index in [0.29, 0.717) is 19.1 Å². The molecule has 1 aliphatic carbocycles. The van der Waals surface area contributed by atoms with Crippen molar-refractivity contribution in [3.8, 4) is 0 Å². The minimum atomic E-state index is -1.14. The predicted octanol–water partition coefficient (Wildman–Crippen LogP) is 1.75. The Morgan fingerprint density at radius 2 is 2.20 bits per heavy atom. The van der Waals surface area contributed by atoms with E-state index >= 15 is 0 Å². The van der Waals surface area contributed by atoms with Crippen LogP contribution in [0.2, 0.25) is 0 Å². The van der Waals surface area contributed by atoms with E-state index in [2.05, 4.69) is 6.58 Å². The molecule has 5 nitrogen and oxygen atoms in total. The number of esters is 2. The van der Waals surface area contributed by atoms with Crippen molar-refractivity contribution in [2.24, 2.45) is 5.92 Å². The molecule has 0 aromatic heterocycles. The van der Waals surface area contributed by atoms with Crippen molar-refractivity contribution in [2.45, 2.75) is 56.3 Å². The highest BCUT2D eigenvalue weighted by molar-refractivity contribution is 5.88. The normalized spacial score (nSPS) is 40.0. The van der Waals surface area contributed by atoms with E-state index in [4.69, 9.17) is 14.2 Å². The SMILES string of the molecule is C=CC(=O)OC1(C2CCC3OC3C2)CCCCOC1=O. The Morgan fingerprint density at radius 3 is 2.95 bits per heavy atom. The number of fused-ring (bicyclic) bond motifs is 1. The maximum atomic E-state index is 12.4. The topological polar surface area (TPSA) is 65.1 Å². The molecule has 0 N–H and O–H groups in total. The molecule has 0 aromatic rings. The van der Waals surface area contributed by atoms with E-state index in [1.54, 1.807) is 0 Å². The highest BCUT2D eigenvalue weighted by Crippen LogP contribution is 2.47. The fraction of sp³-hybridized carbons (Fsp3) is 0.733. The lowest BCUT2D eigenvalue weighted by molar-refractivity contribution is -0.187. The molecule has 0 spiro atoms. The van der Waals surface area contributed by atoms with Gasteiger partial charge in [-0.2, -0.15) is 0 Å². The number of epoxide rings is 1. The van der Waals surface area contributed by atoms with Crippen molar-refractivity contribution < 1.29 is 23.8 Å². The number of cyclic esters (lactones) is 1. The summed E-state index contributed by atoms with van der Waals surface area (Å²) in [6.45, 7) is 3.83. The number of carbonyl (C=O) groups is 2. The molecule has 0 amide bonds. The molecule has 3 rings (SSSR count). The molecule has 2 heterocycles. The zero-order chi connectivity index (χ0) is 14.2. The fourth-order valence-electron chi connectivity index (χ4n) is 3.47. The second-order valence-corrected chi connectivity index (χ2v) is 5.83. The average molecular weight is 280 g/mol. The molecule has 20 heavy (non-hydrogen) atoms. The first-order valence-corrected chi connectivity index (χ1v) is 7.34. The third-order valence-electron chi connectivity index (χ3n) is 4.63. The summed E-state index contributed by atoms with van der Waals surface area (Å²) in [5.41, 5.74) is -1.14. The number of carbonyl (C=O) groups excluding carboxylic acids is 2. The van der Waals surface area contributed by atoms with Gasteiger partial charge < -0.3 is 14.2 Å². The zero-order valence-electron chi connectivity index (χ0n) is 11.5. The molecule has 4 unspecified atom stereocenters. The van der Waals surface area contributed by atoms with E-state index in [1.165, 1.54) is 0 Å². The highest BCUT2D eigenvalue weighted by Gasteiger charge is 2.56. The number of hydrogen-bond acceptors (Lipinski definition) is 5. The maximum absolute atomic E-state index is 12.4. The van der Waals surface area contributed by atoms with Gasteiger partial charge in [-0.25, -0.2) is 9.59 Å². The number of ether oxygens (including phenoxy) is 3. The van der Waals surface area contributed by atoms with Gasteiger partial charge >= 0.3 is 11.9 Å². The maximum Gasteiger partial charge on any atom is 0.350 e. The van der Waals surface area contributed by atoms with Crippen molar-refractivity contribution in [3.63, 3.8) is 0 Å². The van der Waals surface area contributed by atoms with Crippen molar-refractivity contribution >= 4 is 11.9 Å². The van der Waals surface area contributed by atoms with Crippen LogP contribution in [0.3, 0.4) is 0 Å². The third kappa shape index (κ3) is 2.35. The summed E-state index contributed by atoms with van der Waals surface area (Å²) in [6, 6.07) is 0. The number of hydrogen-bond donors (Lipinski definition) is 0. The molecule has 0 bridgehead atoms. The van der Waals surface area contributed by atoms with Crippen LogP contribution in [0.5, 0.6) is 0 Å². The first kappa shape index (κ1) is 13.6. The van der Waals surface area contributed by atoms with Gasteiger partial charge in [0.05, 0.1) is 18.8 Å². The Bertz CT molecular complexity index is 432. The van der Waals surface area contributed by atoms with Crippen LogP contribution in [-0.4, -0.2) is 36.4 Å². The fourth-order valence-corrected chi connectivity index (χ4v) is 3.47. The predicted molar refractivity (Wildman–Crippen MR) is 69.8 cm³/mol. The largest absolute Gasteiger partial charge is 0.463 e. The molecule has 4 atom stereocenters. The zero-order valence-corrected chi connectivity index (χ0v) is 11.5. The molecule has 2 saturated heterocycles. The molecule has 3 aliphatic rings. The van der Waals surface area contributed by atoms with Gasteiger partial charge in [-0.3, -0.25) is 0 Å². The molecule has 0 radical (unpaired) electrons. The van der Waals surface area contributed by atoms with Crippen LogP contribution in [0.4, 0.5) is 0 Å². The minimum Gasteiger partial charge on any atom is -0.463 e. The summed E-state index contributed by atoms with van der Waals surface area (Å²) < 4.78 is 16.3. The molecule has 5 heteroatoms. The summed E-state index contributed by atoms with van der Waals surface area (Å²) in [4.78, 5) is 24.1. The monoisotopic (exact) mass is 280 g/mol. The minimum absolute atomic E-state index is 0.0132. The van der Waals surface area contributed by atoms with Crippen LogP contribution in [0, 0.1) is 5.92 Å². The van der Waals surface area contributed by atoms with Gasteiger partial charge in [-0.1, -0.05) is 6.58 Å². The molecule has 2 aliphatic heterocycles. The molecule has 3 fully saturated rings. The summed E-state index contributed by atoms with van der Waals surface area (Å²) >= 11 is 0. The summed E-state index contributed by atoms with van der Waals surface area (Å²) in [5.74, 6) is -0.960. The van der Waals surface area contributed by atoms with E-state index in [9.17, 15) is 9.59 Å². The Morgan fingerprint density at radius 1 is 1.35 bits per heavy atom. The summed E-state index contributed by atoms with van der Waals surface area (Å²) in [7, 11) is 0. The van der Waals surface area contributed by atoms with Crippen molar-refractivity contribution in [3.05, 3.63) is 12.7 Å². The summed E-state index contributed by atoms with van der Waals surface area (Å²) in [5, 5.41) is 0. The molecular formula is C15H20O5. The van der Waals surface area contributed by atoms with E-state index in [0.717, 1.165) is 38.2 Å². The van der Waals surface area contributed by atoms with Gasteiger partial charge in [-0.15, -0.1) is 0 Å². The van der Waals surface area contributed by atoms with Crippen LogP contribution >= 0.6 is 0 Å². The lowest BCUT2D eigenvalue weighted by atomic mass is 9.74. The van der Waals surface area contributed by atoms with E-state index in [1.807, 2.05) is 0 Å².